The number of esters is 2. The predicted octanol–water partition coefficient (Wildman–Crippen LogP) is 4.65. The highest BCUT2D eigenvalue weighted by Gasteiger charge is 2.09. The van der Waals surface area contributed by atoms with Gasteiger partial charge in [-0.05, 0) is 25.2 Å². The van der Waals surface area contributed by atoms with Crippen molar-refractivity contribution < 1.29 is 19.1 Å². The second-order valence-corrected chi connectivity index (χ2v) is 6.24. The Hall–Kier alpha value is -1.06. The smallest absolute Gasteiger partial charge is 0.306 e. The second-order valence-electron chi connectivity index (χ2n) is 6.24. The molecule has 0 aliphatic carbocycles. The van der Waals surface area contributed by atoms with Crippen molar-refractivity contribution in [1.29, 1.82) is 0 Å². The lowest BCUT2D eigenvalue weighted by molar-refractivity contribution is -0.150. The molecule has 0 unspecified atom stereocenters. The fourth-order valence-corrected chi connectivity index (χ4v) is 2.09. The molecule has 0 saturated carbocycles. The summed E-state index contributed by atoms with van der Waals surface area (Å²) in [6.45, 7) is 7.39. The average molecular weight is 314 g/mol. The molecule has 0 spiro atoms. The van der Waals surface area contributed by atoms with Crippen molar-refractivity contribution in [3.63, 3.8) is 0 Å². The highest BCUT2D eigenvalue weighted by molar-refractivity contribution is 5.77. The molecule has 0 radical (unpaired) electrons. The van der Waals surface area contributed by atoms with Gasteiger partial charge in [0.1, 0.15) is 0 Å². The summed E-state index contributed by atoms with van der Waals surface area (Å²) in [5.74, 6) is 0.0172. The van der Waals surface area contributed by atoms with Crippen LogP contribution in [0.3, 0.4) is 0 Å². The second kappa shape index (κ2) is 14.9. The van der Waals surface area contributed by atoms with E-state index in [0.29, 0.717) is 19.1 Å². The van der Waals surface area contributed by atoms with Crippen LogP contribution in [0, 0.1) is 5.92 Å². The monoisotopic (exact) mass is 314 g/mol. The van der Waals surface area contributed by atoms with Crippen LogP contribution in [0.1, 0.15) is 85.0 Å². The molecule has 0 amide bonds. The van der Waals surface area contributed by atoms with E-state index in [9.17, 15) is 9.59 Å². The number of unbranched alkanes of at least 4 members (excludes halogenated alkanes) is 5. The molecule has 0 aromatic carbocycles. The van der Waals surface area contributed by atoms with E-state index >= 15 is 0 Å². The van der Waals surface area contributed by atoms with E-state index in [2.05, 4.69) is 20.8 Å². The van der Waals surface area contributed by atoms with Crippen molar-refractivity contribution in [2.45, 2.75) is 85.0 Å². The van der Waals surface area contributed by atoms with Gasteiger partial charge >= 0.3 is 11.9 Å². The molecule has 22 heavy (non-hydrogen) atoms. The minimum atomic E-state index is -0.305. The molecular weight excluding hydrogens is 280 g/mol. The van der Waals surface area contributed by atoms with Crippen LogP contribution in [0.2, 0.25) is 0 Å². The SMILES string of the molecule is CCCCCCCCOC(=O)CCC(=O)OCCCC(C)C. The van der Waals surface area contributed by atoms with Crippen molar-refractivity contribution in [2.24, 2.45) is 5.92 Å². The van der Waals surface area contributed by atoms with Crippen molar-refractivity contribution >= 4 is 11.9 Å². The van der Waals surface area contributed by atoms with Crippen LogP contribution in [-0.4, -0.2) is 25.2 Å². The summed E-state index contributed by atoms with van der Waals surface area (Å²) in [7, 11) is 0. The summed E-state index contributed by atoms with van der Waals surface area (Å²) < 4.78 is 10.2. The van der Waals surface area contributed by atoms with Crippen molar-refractivity contribution in [2.75, 3.05) is 13.2 Å². The Morgan fingerprint density at radius 2 is 1.27 bits per heavy atom. The average Bonchev–Trinajstić information content (AvgIpc) is 2.48. The number of rotatable bonds is 14. The lowest BCUT2D eigenvalue weighted by Crippen LogP contribution is -2.11. The normalized spacial score (nSPS) is 10.7. The lowest BCUT2D eigenvalue weighted by atomic mass is 10.1. The first kappa shape index (κ1) is 20.9. The van der Waals surface area contributed by atoms with Gasteiger partial charge in [-0.2, -0.15) is 0 Å². The molecule has 0 fully saturated rings. The molecule has 0 aliphatic heterocycles. The first-order valence-electron chi connectivity index (χ1n) is 8.87. The van der Waals surface area contributed by atoms with Gasteiger partial charge in [-0.1, -0.05) is 52.9 Å². The van der Waals surface area contributed by atoms with Crippen LogP contribution in [-0.2, 0) is 19.1 Å². The number of carbonyl (C=O) groups is 2. The Balaban J connectivity index is 3.39. The van der Waals surface area contributed by atoms with Gasteiger partial charge in [0.05, 0.1) is 26.1 Å². The minimum Gasteiger partial charge on any atom is -0.466 e. The number of hydrogen-bond donors (Lipinski definition) is 0. The molecule has 0 rings (SSSR count). The highest BCUT2D eigenvalue weighted by atomic mass is 16.5. The molecule has 0 aromatic rings. The Morgan fingerprint density at radius 1 is 0.773 bits per heavy atom. The zero-order valence-corrected chi connectivity index (χ0v) is 14.7. The number of carbonyl (C=O) groups excluding carboxylic acids is 2. The summed E-state index contributed by atoms with van der Waals surface area (Å²) >= 11 is 0. The molecule has 0 aliphatic rings. The van der Waals surface area contributed by atoms with E-state index in [0.717, 1.165) is 25.7 Å². The van der Waals surface area contributed by atoms with Crippen LogP contribution >= 0.6 is 0 Å². The fourth-order valence-electron chi connectivity index (χ4n) is 2.09. The van der Waals surface area contributed by atoms with Gasteiger partial charge < -0.3 is 9.47 Å². The predicted molar refractivity (Wildman–Crippen MR) is 88.6 cm³/mol. The summed E-state index contributed by atoms with van der Waals surface area (Å²) in [6.07, 6.45) is 9.17. The Morgan fingerprint density at radius 3 is 1.82 bits per heavy atom. The summed E-state index contributed by atoms with van der Waals surface area (Å²) in [5, 5.41) is 0. The van der Waals surface area contributed by atoms with E-state index in [1.54, 1.807) is 0 Å². The third kappa shape index (κ3) is 15.3. The molecule has 130 valence electrons. The van der Waals surface area contributed by atoms with Gasteiger partial charge in [0.25, 0.3) is 0 Å². The molecule has 4 nitrogen and oxygen atoms in total. The Kier molecular flexibility index (Phi) is 14.1. The summed E-state index contributed by atoms with van der Waals surface area (Å²) in [4.78, 5) is 22.9. The van der Waals surface area contributed by atoms with Gasteiger partial charge in [0.15, 0.2) is 0 Å². The van der Waals surface area contributed by atoms with Crippen LogP contribution < -0.4 is 0 Å². The molecular formula is C18H34O4. The van der Waals surface area contributed by atoms with Crippen LogP contribution in [0.4, 0.5) is 0 Å². The first-order valence-corrected chi connectivity index (χ1v) is 8.87. The van der Waals surface area contributed by atoms with Gasteiger partial charge in [-0.25, -0.2) is 0 Å². The zero-order chi connectivity index (χ0) is 16.6. The fraction of sp³-hybridized carbons (Fsp3) is 0.889. The Labute approximate surface area is 135 Å². The molecule has 4 heteroatoms. The highest BCUT2D eigenvalue weighted by Crippen LogP contribution is 2.06. The molecule has 0 aromatic heterocycles. The van der Waals surface area contributed by atoms with Crippen molar-refractivity contribution in [3.05, 3.63) is 0 Å². The maximum absolute atomic E-state index is 11.5. The lowest BCUT2D eigenvalue weighted by Gasteiger charge is -2.07. The largest absolute Gasteiger partial charge is 0.466 e. The van der Waals surface area contributed by atoms with Gasteiger partial charge in [-0.15, -0.1) is 0 Å². The molecule has 0 bridgehead atoms. The van der Waals surface area contributed by atoms with E-state index < -0.39 is 0 Å². The molecule has 0 heterocycles. The van der Waals surface area contributed by atoms with Crippen molar-refractivity contribution in [3.8, 4) is 0 Å². The van der Waals surface area contributed by atoms with Gasteiger partial charge in [0, 0.05) is 0 Å². The van der Waals surface area contributed by atoms with Crippen LogP contribution in [0.15, 0.2) is 0 Å². The van der Waals surface area contributed by atoms with Crippen LogP contribution in [0.5, 0.6) is 0 Å². The van der Waals surface area contributed by atoms with E-state index in [1.165, 1.54) is 25.7 Å². The first-order chi connectivity index (χ1) is 10.6. The number of hydrogen-bond acceptors (Lipinski definition) is 4. The van der Waals surface area contributed by atoms with Crippen molar-refractivity contribution in [1.82, 2.24) is 0 Å². The van der Waals surface area contributed by atoms with E-state index in [-0.39, 0.29) is 24.8 Å². The van der Waals surface area contributed by atoms with E-state index in [4.69, 9.17) is 9.47 Å². The third-order valence-electron chi connectivity index (χ3n) is 3.48. The maximum atomic E-state index is 11.5. The molecule has 0 saturated heterocycles. The standard InChI is InChI=1S/C18H34O4/c1-4-5-6-7-8-9-14-21-17(19)12-13-18(20)22-15-10-11-16(2)3/h16H,4-15H2,1-3H3. The minimum absolute atomic E-state index is 0.122. The summed E-state index contributed by atoms with van der Waals surface area (Å²) in [5.41, 5.74) is 0. The van der Waals surface area contributed by atoms with Crippen LogP contribution in [0.25, 0.3) is 0 Å². The topological polar surface area (TPSA) is 52.6 Å². The van der Waals surface area contributed by atoms with E-state index in [1.807, 2.05) is 0 Å². The zero-order valence-electron chi connectivity index (χ0n) is 14.7. The Bertz CT molecular complexity index is 287. The quantitative estimate of drug-likeness (QED) is 0.346. The maximum Gasteiger partial charge on any atom is 0.306 e. The third-order valence-corrected chi connectivity index (χ3v) is 3.48. The molecule has 0 N–H and O–H groups in total. The molecule has 0 atom stereocenters. The van der Waals surface area contributed by atoms with Gasteiger partial charge in [-0.3, -0.25) is 9.59 Å². The number of ether oxygens (including phenoxy) is 2. The summed E-state index contributed by atoms with van der Waals surface area (Å²) in [6, 6.07) is 0. The van der Waals surface area contributed by atoms with Gasteiger partial charge in [0.2, 0.25) is 0 Å².